The molecule has 0 saturated heterocycles. The minimum absolute atomic E-state index is 0.272. The fraction of sp³-hybridized carbons (Fsp3) is 0.286. The molecule has 0 bridgehead atoms. The van der Waals surface area contributed by atoms with Crippen molar-refractivity contribution in [2.75, 3.05) is 0 Å². The molecule has 1 atom stereocenters. The lowest BCUT2D eigenvalue weighted by molar-refractivity contribution is 0.459. The van der Waals surface area contributed by atoms with Gasteiger partial charge in [0.25, 0.3) is 0 Å². The quantitative estimate of drug-likeness (QED) is 0.936. The number of aryl methyl sites for hydroxylation is 2. The molecule has 1 N–H and O–H groups in total. The van der Waals surface area contributed by atoms with Crippen LogP contribution in [0.1, 0.15) is 29.9 Å². The lowest BCUT2D eigenvalue weighted by atomic mass is 10.1. The van der Waals surface area contributed by atoms with Crippen LogP contribution in [0.3, 0.4) is 0 Å². The molecule has 1 aromatic heterocycles. The number of hydrogen-bond donors (Lipinski definition) is 1. The number of sulfonamides is 1. The summed E-state index contributed by atoms with van der Waals surface area (Å²) in [6.07, 6.45) is 1.52. The highest BCUT2D eigenvalue weighted by Gasteiger charge is 2.20. The second kappa shape index (κ2) is 5.19. The summed E-state index contributed by atoms with van der Waals surface area (Å²) in [4.78, 5) is 0.272. The van der Waals surface area contributed by atoms with Gasteiger partial charge in [-0.15, -0.1) is 0 Å². The summed E-state index contributed by atoms with van der Waals surface area (Å²) < 4.78 is 32.3. The Labute approximate surface area is 113 Å². The molecule has 0 aliphatic rings. The van der Waals surface area contributed by atoms with Crippen molar-refractivity contribution in [2.45, 2.75) is 31.7 Å². The van der Waals surface area contributed by atoms with Gasteiger partial charge in [0.2, 0.25) is 10.0 Å². The van der Waals surface area contributed by atoms with E-state index in [2.05, 4.69) is 4.72 Å². The Balaban J connectivity index is 2.25. The molecule has 0 aliphatic carbocycles. The summed E-state index contributed by atoms with van der Waals surface area (Å²) in [5.41, 5.74) is 2.02. The number of rotatable bonds is 4. The van der Waals surface area contributed by atoms with E-state index in [-0.39, 0.29) is 4.90 Å². The van der Waals surface area contributed by atoms with Gasteiger partial charge in [-0.3, -0.25) is 0 Å². The standard InChI is InChI=1S/C14H17NO3S/c1-10-6-7-13(9-11(10)2)19(16,17)15-12(3)14-5-4-8-18-14/h4-9,12,15H,1-3H3. The SMILES string of the molecule is Cc1ccc(S(=O)(=O)NC(C)c2ccco2)cc1C. The first-order valence-electron chi connectivity index (χ1n) is 6.03. The van der Waals surface area contributed by atoms with E-state index in [9.17, 15) is 8.42 Å². The Kier molecular flexibility index (Phi) is 3.78. The smallest absolute Gasteiger partial charge is 0.241 e. The van der Waals surface area contributed by atoms with E-state index < -0.39 is 16.1 Å². The molecule has 1 aromatic carbocycles. The highest BCUT2D eigenvalue weighted by molar-refractivity contribution is 7.89. The van der Waals surface area contributed by atoms with Gasteiger partial charge < -0.3 is 4.42 Å². The maximum absolute atomic E-state index is 12.2. The lowest BCUT2D eigenvalue weighted by Crippen LogP contribution is -2.26. The fourth-order valence-corrected chi connectivity index (χ4v) is 3.07. The van der Waals surface area contributed by atoms with Crippen LogP contribution in [-0.4, -0.2) is 8.42 Å². The van der Waals surface area contributed by atoms with Gasteiger partial charge in [0.1, 0.15) is 5.76 Å². The number of benzene rings is 1. The second-order valence-corrected chi connectivity index (χ2v) is 6.32. The zero-order valence-electron chi connectivity index (χ0n) is 11.2. The molecular formula is C14H17NO3S. The molecule has 0 fully saturated rings. The molecule has 0 spiro atoms. The normalized spacial score (nSPS) is 13.4. The fourth-order valence-electron chi connectivity index (χ4n) is 1.78. The van der Waals surface area contributed by atoms with Crippen molar-refractivity contribution in [2.24, 2.45) is 0 Å². The third-order valence-electron chi connectivity index (χ3n) is 3.09. The topological polar surface area (TPSA) is 59.3 Å². The molecule has 0 saturated carbocycles. The van der Waals surface area contributed by atoms with Crippen molar-refractivity contribution in [1.29, 1.82) is 0 Å². The number of furan rings is 1. The van der Waals surface area contributed by atoms with E-state index in [1.165, 1.54) is 6.26 Å². The van der Waals surface area contributed by atoms with E-state index in [1.54, 1.807) is 37.3 Å². The van der Waals surface area contributed by atoms with Crippen molar-refractivity contribution in [3.63, 3.8) is 0 Å². The van der Waals surface area contributed by atoms with Crippen molar-refractivity contribution >= 4 is 10.0 Å². The second-order valence-electron chi connectivity index (χ2n) is 4.60. The third-order valence-corrected chi connectivity index (χ3v) is 4.63. The molecule has 1 heterocycles. The Morgan fingerprint density at radius 2 is 1.89 bits per heavy atom. The molecule has 4 nitrogen and oxygen atoms in total. The van der Waals surface area contributed by atoms with Crippen molar-refractivity contribution < 1.29 is 12.8 Å². The van der Waals surface area contributed by atoms with E-state index in [0.717, 1.165) is 11.1 Å². The predicted molar refractivity (Wildman–Crippen MR) is 73.4 cm³/mol. The monoisotopic (exact) mass is 279 g/mol. The third kappa shape index (κ3) is 3.05. The molecule has 2 aromatic rings. The van der Waals surface area contributed by atoms with Crippen LogP contribution in [0.15, 0.2) is 45.9 Å². The average Bonchev–Trinajstić information content (AvgIpc) is 2.85. The first-order valence-corrected chi connectivity index (χ1v) is 7.51. The minimum atomic E-state index is -3.53. The van der Waals surface area contributed by atoms with Gasteiger partial charge in [-0.25, -0.2) is 13.1 Å². The van der Waals surface area contributed by atoms with Crippen molar-refractivity contribution in [3.05, 3.63) is 53.5 Å². The summed E-state index contributed by atoms with van der Waals surface area (Å²) >= 11 is 0. The van der Waals surface area contributed by atoms with Crippen LogP contribution < -0.4 is 4.72 Å². The molecule has 19 heavy (non-hydrogen) atoms. The van der Waals surface area contributed by atoms with Gasteiger partial charge in [0.05, 0.1) is 17.2 Å². The highest BCUT2D eigenvalue weighted by atomic mass is 32.2. The Bertz CT molecular complexity index is 660. The maximum Gasteiger partial charge on any atom is 0.241 e. The van der Waals surface area contributed by atoms with Crippen LogP contribution >= 0.6 is 0 Å². The van der Waals surface area contributed by atoms with Gasteiger partial charge in [-0.05, 0) is 56.2 Å². The maximum atomic E-state index is 12.2. The van der Waals surface area contributed by atoms with Gasteiger partial charge in [-0.1, -0.05) is 6.07 Å². The van der Waals surface area contributed by atoms with Gasteiger partial charge in [0, 0.05) is 0 Å². The van der Waals surface area contributed by atoms with Crippen LogP contribution in [0, 0.1) is 13.8 Å². The molecule has 0 amide bonds. The molecule has 5 heteroatoms. The molecule has 102 valence electrons. The first kappa shape index (κ1) is 13.8. The summed E-state index contributed by atoms with van der Waals surface area (Å²) in [6, 6.07) is 8.17. The molecular weight excluding hydrogens is 262 g/mol. The van der Waals surface area contributed by atoms with Crippen LogP contribution in [0.25, 0.3) is 0 Å². The largest absolute Gasteiger partial charge is 0.468 e. The summed E-state index contributed by atoms with van der Waals surface area (Å²) in [5.74, 6) is 0.590. The molecule has 0 aliphatic heterocycles. The number of nitrogens with one attached hydrogen (secondary N) is 1. The zero-order valence-corrected chi connectivity index (χ0v) is 12.0. The summed E-state index contributed by atoms with van der Waals surface area (Å²) in [7, 11) is -3.53. The van der Waals surface area contributed by atoms with Gasteiger partial charge >= 0.3 is 0 Å². The summed E-state index contributed by atoms with van der Waals surface area (Å²) in [5, 5.41) is 0. The molecule has 0 radical (unpaired) electrons. The van der Waals surface area contributed by atoms with Gasteiger partial charge in [-0.2, -0.15) is 0 Å². The van der Waals surface area contributed by atoms with Crippen LogP contribution in [-0.2, 0) is 10.0 Å². The lowest BCUT2D eigenvalue weighted by Gasteiger charge is -2.13. The summed E-state index contributed by atoms with van der Waals surface area (Å²) in [6.45, 7) is 5.59. The Hall–Kier alpha value is -1.59. The average molecular weight is 279 g/mol. The number of hydrogen-bond acceptors (Lipinski definition) is 3. The van der Waals surface area contributed by atoms with Gasteiger partial charge in [0.15, 0.2) is 0 Å². The Morgan fingerprint density at radius 1 is 1.16 bits per heavy atom. The van der Waals surface area contributed by atoms with E-state index in [0.29, 0.717) is 5.76 Å². The first-order chi connectivity index (χ1) is 8.90. The van der Waals surface area contributed by atoms with Crippen molar-refractivity contribution in [1.82, 2.24) is 4.72 Å². The van der Waals surface area contributed by atoms with Crippen LogP contribution in [0.5, 0.6) is 0 Å². The Morgan fingerprint density at radius 3 is 2.47 bits per heavy atom. The van der Waals surface area contributed by atoms with E-state index in [4.69, 9.17) is 4.42 Å². The van der Waals surface area contributed by atoms with Crippen molar-refractivity contribution in [3.8, 4) is 0 Å². The molecule has 2 rings (SSSR count). The minimum Gasteiger partial charge on any atom is -0.468 e. The zero-order chi connectivity index (χ0) is 14.0. The van der Waals surface area contributed by atoms with Crippen LogP contribution in [0.4, 0.5) is 0 Å². The predicted octanol–water partition coefficient (Wildman–Crippen LogP) is 2.94. The van der Waals surface area contributed by atoms with E-state index in [1.807, 2.05) is 13.8 Å². The van der Waals surface area contributed by atoms with Crippen LogP contribution in [0.2, 0.25) is 0 Å². The highest BCUT2D eigenvalue weighted by Crippen LogP contribution is 2.19. The molecule has 1 unspecified atom stereocenters. The van der Waals surface area contributed by atoms with E-state index >= 15 is 0 Å².